The van der Waals surface area contributed by atoms with Gasteiger partial charge in [-0.15, -0.1) is 24.0 Å². The molecule has 6 nitrogen and oxygen atoms in total. The molecule has 0 heterocycles. The molecule has 0 saturated carbocycles. The first-order chi connectivity index (χ1) is 10.7. The van der Waals surface area contributed by atoms with Crippen molar-refractivity contribution in [2.45, 2.75) is 25.0 Å². The number of halogens is 1. The Labute approximate surface area is 162 Å². The normalized spacial score (nSPS) is 12.3. The number of rotatable bonds is 7. The number of guanidine groups is 1. The molecule has 0 radical (unpaired) electrons. The molecule has 0 aromatic heterocycles. The van der Waals surface area contributed by atoms with Crippen molar-refractivity contribution in [3.63, 3.8) is 0 Å². The minimum atomic E-state index is -3.14. The standard InChI is InChI=1S/C16H27N3O3S.HI/c1-16(2,23(5,20)21)12-19-15(17-3)18-11-10-13-8-6-7-9-14(13)22-4;/h6-9H,10-12H2,1-5H3,(H2,17,18,19);1H. The molecule has 0 saturated heterocycles. The molecule has 2 N–H and O–H groups in total. The highest BCUT2D eigenvalue weighted by molar-refractivity contribution is 14.0. The van der Waals surface area contributed by atoms with Gasteiger partial charge >= 0.3 is 0 Å². The molecule has 0 unspecified atom stereocenters. The van der Waals surface area contributed by atoms with Crippen LogP contribution >= 0.6 is 24.0 Å². The summed E-state index contributed by atoms with van der Waals surface area (Å²) in [6.07, 6.45) is 2.02. The minimum absolute atomic E-state index is 0. The Balaban J connectivity index is 0.00000529. The number of benzene rings is 1. The maximum Gasteiger partial charge on any atom is 0.191 e. The van der Waals surface area contributed by atoms with E-state index in [1.165, 1.54) is 6.26 Å². The Kier molecular flexibility index (Phi) is 9.64. The van der Waals surface area contributed by atoms with Crippen LogP contribution in [0.25, 0.3) is 0 Å². The molecule has 0 aliphatic carbocycles. The summed E-state index contributed by atoms with van der Waals surface area (Å²) in [5.41, 5.74) is 1.11. The third kappa shape index (κ3) is 6.84. The summed E-state index contributed by atoms with van der Waals surface area (Å²) in [5, 5.41) is 6.24. The molecule has 138 valence electrons. The van der Waals surface area contributed by atoms with Gasteiger partial charge in [-0.25, -0.2) is 8.42 Å². The van der Waals surface area contributed by atoms with Crippen LogP contribution in [0.15, 0.2) is 29.3 Å². The Morgan fingerprint density at radius 2 is 1.88 bits per heavy atom. The molecule has 0 spiro atoms. The highest BCUT2D eigenvalue weighted by Gasteiger charge is 2.30. The lowest BCUT2D eigenvalue weighted by atomic mass is 10.1. The van der Waals surface area contributed by atoms with Crippen LogP contribution in [-0.4, -0.2) is 52.6 Å². The smallest absolute Gasteiger partial charge is 0.191 e. The number of hydrogen-bond acceptors (Lipinski definition) is 4. The van der Waals surface area contributed by atoms with E-state index >= 15 is 0 Å². The quantitative estimate of drug-likeness (QED) is 0.362. The van der Waals surface area contributed by atoms with Crippen LogP contribution in [0.2, 0.25) is 0 Å². The van der Waals surface area contributed by atoms with E-state index in [-0.39, 0.29) is 24.0 Å². The lowest BCUT2D eigenvalue weighted by Crippen LogP contribution is -2.48. The summed E-state index contributed by atoms with van der Waals surface area (Å²) in [6.45, 7) is 4.34. The van der Waals surface area contributed by atoms with Gasteiger partial charge in [0.15, 0.2) is 15.8 Å². The van der Waals surface area contributed by atoms with E-state index in [4.69, 9.17) is 4.74 Å². The van der Waals surface area contributed by atoms with E-state index in [2.05, 4.69) is 15.6 Å². The van der Waals surface area contributed by atoms with Crippen molar-refractivity contribution in [1.82, 2.24) is 10.6 Å². The summed E-state index contributed by atoms with van der Waals surface area (Å²) in [7, 11) is 0.171. The van der Waals surface area contributed by atoms with Crippen LogP contribution in [0, 0.1) is 0 Å². The van der Waals surface area contributed by atoms with Crippen LogP contribution in [0.1, 0.15) is 19.4 Å². The Hall–Kier alpha value is -1.03. The summed E-state index contributed by atoms with van der Waals surface area (Å²) in [5.74, 6) is 1.44. The SMILES string of the molecule is CN=C(NCCc1ccccc1OC)NCC(C)(C)S(C)(=O)=O.I. The molecule has 0 aliphatic rings. The van der Waals surface area contributed by atoms with Crippen molar-refractivity contribution in [3.05, 3.63) is 29.8 Å². The molecule has 24 heavy (non-hydrogen) atoms. The van der Waals surface area contributed by atoms with Crippen LogP contribution in [-0.2, 0) is 16.3 Å². The first kappa shape index (κ1) is 23.0. The monoisotopic (exact) mass is 469 g/mol. The topological polar surface area (TPSA) is 79.8 Å². The summed E-state index contributed by atoms with van der Waals surface area (Å²) in [4.78, 5) is 4.12. The van der Waals surface area contributed by atoms with Gasteiger partial charge in [-0.2, -0.15) is 0 Å². The van der Waals surface area contributed by atoms with E-state index in [0.717, 1.165) is 17.7 Å². The maximum atomic E-state index is 11.7. The third-order valence-electron chi connectivity index (χ3n) is 3.79. The largest absolute Gasteiger partial charge is 0.496 e. The fourth-order valence-electron chi connectivity index (χ4n) is 1.87. The Bertz CT molecular complexity index is 646. The molecule has 1 aromatic carbocycles. The Morgan fingerprint density at radius 1 is 1.25 bits per heavy atom. The lowest BCUT2D eigenvalue weighted by Gasteiger charge is -2.24. The molecule has 0 atom stereocenters. The molecule has 0 aliphatic heterocycles. The van der Waals surface area contributed by atoms with E-state index < -0.39 is 14.6 Å². The van der Waals surface area contributed by atoms with Crippen molar-refractivity contribution >= 4 is 39.8 Å². The Morgan fingerprint density at radius 3 is 2.42 bits per heavy atom. The van der Waals surface area contributed by atoms with Crippen LogP contribution in [0.3, 0.4) is 0 Å². The van der Waals surface area contributed by atoms with E-state index in [9.17, 15) is 8.42 Å². The minimum Gasteiger partial charge on any atom is -0.496 e. The van der Waals surface area contributed by atoms with Gasteiger partial charge in [-0.05, 0) is 31.9 Å². The lowest BCUT2D eigenvalue weighted by molar-refractivity contribution is 0.409. The predicted molar refractivity (Wildman–Crippen MR) is 110 cm³/mol. The number of ether oxygens (including phenoxy) is 1. The highest BCUT2D eigenvalue weighted by Crippen LogP contribution is 2.17. The zero-order valence-electron chi connectivity index (χ0n) is 14.9. The molecule has 0 fully saturated rings. The van der Waals surface area contributed by atoms with Gasteiger partial charge in [0.25, 0.3) is 0 Å². The van der Waals surface area contributed by atoms with Crippen molar-refractivity contribution in [2.24, 2.45) is 4.99 Å². The molecule has 0 bridgehead atoms. The highest BCUT2D eigenvalue weighted by atomic mass is 127. The van der Waals surface area contributed by atoms with Crippen molar-refractivity contribution in [1.29, 1.82) is 0 Å². The second-order valence-corrected chi connectivity index (χ2v) is 8.60. The summed E-state index contributed by atoms with van der Waals surface area (Å²) < 4.78 is 27.9. The molecule has 8 heteroatoms. The molecular formula is C16H28IN3O3S. The van der Waals surface area contributed by atoms with Gasteiger partial charge in [-0.1, -0.05) is 18.2 Å². The molecule has 1 rings (SSSR count). The van der Waals surface area contributed by atoms with E-state index in [1.54, 1.807) is 28.0 Å². The van der Waals surface area contributed by atoms with Gasteiger partial charge in [0.05, 0.1) is 11.9 Å². The first-order valence-electron chi connectivity index (χ1n) is 7.47. The van der Waals surface area contributed by atoms with E-state index in [0.29, 0.717) is 19.0 Å². The number of nitrogens with zero attached hydrogens (tertiary/aromatic N) is 1. The summed E-state index contributed by atoms with van der Waals surface area (Å²) in [6, 6.07) is 7.85. The van der Waals surface area contributed by atoms with Gasteiger partial charge in [-0.3, -0.25) is 4.99 Å². The molecule has 0 amide bonds. The number of para-hydroxylation sites is 1. The van der Waals surface area contributed by atoms with Crippen molar-refractivity contribution < 1.29 is 13.2 Å². The van der Waals surface area contributed by atoms with Crippen molar-refractivity contribution in [3.8, 4) is 5.75 Å². The van der Waals surface area contributed by atoms with Crippen molar-refractivity contribution in [2.75, 3.05) is 33.5 Å². The van der Waals surface area contributed by atoms with Crippen LogP contribution < -0.4 is 15.4 Å². The van der Waals surface area contributed by atoms with Gasteiger partial charge < -0.3 is 15.4 Å². The fraction of sp³-hybridized carbons (Fsp3) is 0.562. The number of nitrogens with one attached hydrogen (secondary N) is 2. The second kappa shape index (κ2) is 10.1. The predicted octanol–water partition coefficient (Wildman–Crippen LogP) is 1.84. The number of hydrogen-bond donors (Lipinski definition) is 2. The van der Waals surface area contributed by atoms with Gasteiger partial charge in [0.2, 0.25) is 0 Å². The van der Waals surface area contributed by atoms with Crippen LogP contribution in [0.5, 0.6) is 5.75 Å². The zero-order valence-corrected chi connectivity index (χ0v) is 18.1. The second-order valence-electron chi connectivity index (χ2n) is 5.95. The third-order valence-corrected chi connectivity index (χ3v) is 5.94. The maximum absolute atomic E-state index is 11.7. The number of sulfone groups is 1. The van der Waals surface area contributed by atoms with E-state index in [1.807, 2.05) is 24.3 Å². The molecule has 1 aromatic rings. The summed E-state index contributed by atoms with van der Waals surface area (Å²) >= 11 is 0. The first-order valence-corrected chi connectivity index (χ1v) is 9.36. The fourth-order valence-corrected chi connectivity index (χ4v) is 2.21. The molecular weight excluding hydrogens is 441 g/mol. The average Bonchev–Trinajstić information content (AvgIpc) is 2.49. The number of aliphatic imine (C=N–C) groups is 1. The van der Waals surface area contributed by atoms with Crippen LogP contribution in [0.4, 0.5) is 0 Å². The van der Waals surface area contributed by atoms with Gasteiger partial charge in [0, 0.05) is 26.4 Å². The van der Waals surface area contributed by atoms with Gasteiger partial charge in [0.1, 0.15) is 5.75 Å². The number of methoxy groups -OCH3 is 1. The average molecular weight is 469 g/mol. The zero-order chi connectivity index (χ0) is 17.5.